The molecule has 0 aliphatic rings. The van der Waals surface area contributed by atoms with Crippen LogP contribution in [0.5, 0.6) is 0 Å². The Morgan fingerprint density at radius 2 is 1.95 bits per heavy atom. The second-order valence-corrected chi connectivity index (χ2v) is 5.24. The van der Waals surface area contributed by atoms with Crippen LogP contribution in [-0.2, 0) is 6.42 Å². The monoisotopic (exact) mass is 322 g/mol. The Hall–Kier alpha value is -2.11. The maximum Gasteiger partial charge on any atom is 0.319 e. The van der Waals surface area contributed by atoms with Gasteiger partial charge in [-0.25, -0.2) is 9.18 Å². The molecule has 0 aliphatic carbocycles. The lowest BCUT2D eigenvalue weighted by molar-refractivity contribution is 0.172. The summed E-state index contributed by atoms with van der Waals surface area (Å²) in [7, 11) is 0. The predicted molar refractivity (Wildman–Crippen MR) is 84.6 cm³/mol. The zero-order valence-corrected chi connectivity index (χ0v) is 12.5. The van der Waals surface area contributed by atoms with Crippen molar-refractivity contribution in [2.45, 2.75) is 12.5 Å². The Balaban J connectivity index is 1.81. The lowest BCUT2D eigenvalue weighted by atomic mass is 10.1. The second-order valence-electron chi connectivity index (χ2n) is 4.80. The smallest absolute Gasteiger partial charge is 0.319 e. The molecule has 0 saturated heterocycles. The van der Waals surface area contributed by atoms with Gasteiger partial charge in [0.2, 0.25) is 0 Å². The van der Waals surface area contributed by atoms with Crippen molar-refractivity contribution in [3.8, 4) is 0 Å². The van der Waals surface area contributed by atoms with Crippen LogP contribution in [0.2, 0.25) is 5.02 Å². The molecule has 0 spiro atoms. The number of aliphatic hydroxyl groups is 1. The Morgan fingerprint density at radius 3 is 2.68 bits per heavy atom. The van der Waals surface area contributed by atoms with E-state index >= 15 is 0 Å². The van der Waals surface area contributed by atoms with Gasteiger partial charge in [0, 0.05) is 18.0 Å². The molecular formula is C16H16ClFN2O2. The fourth-order valence-corrected chi connectivity index (χ4v) is 2.10. The maximum absolute atomic E-state index is 13.5. The minimum absolute atomic E-state index is 0.0115. The van der Waals surface area contributed by atoms with Crippen molar-refractivity contribution in [3.63, 3.8) is 0 Å². The van der Waals surface area contributed by atoms with Gasteiger partial charge in [0.15, 0.2) is 0 Å². The van der Waals surface area contributed by atoms with Crippen LogP contribution in [0.3, 0.4) is 0 Å². The van der Waals surface area contributed by atoms with Gasteiger partial charge in [-0.2, -0.15) is 0 Å². The van der Waals surface area contributed by atoms with Crippen LogP contribution >= 0.6 is 11.6 Å². The first kappa shape index (κ1) is 16.3. The molecule has 116 valence electrons. The SMILES string of the molecule is O=C(NCC(O)Cc1ccccc1)Nc1cc(Cl)ccc1F. The zero-order valence-electron chi connectivity index (χ0n) is 11.7. The van der Waals surface area contributed by atoms with Gasteiger partial charge in [-0.1, -0.05) is 41.9 Å². The minimum Gasteiger partial charge on any atom is -0.391 e. The number of amides is 2. The Kier molecular flexibility index (Phi) is 5.75. The number of halogens is 2. The quantitative estimate of drug-likeness (QED) is 0.791. The van der Waals surface area contributed by atoms with Crippen molar-refractivity contribution < 1.29 is 14.3 Å². The average molecular weight is 323 g/mol. The first-order valence-electron chi connectivity index (χ1n) is 6.76. The number of anilines is 1. The molecule has 1 unspecified atom stereocenters. The predicted octanol–water partition coefficient (Wildman–Crippen LogP) is 3.20. The van der Waals surface area contributed by atoms with Crippen LogP contribution in [-0.4, -0.2) is 23.8 Å². The molecule has 0 radical (unpaired) electrons. The molecule has 2 aromatic rings. The summed E-state index contributed by atoms with van der Waals surface area (Å²) in [5.41, 5.74) is 0.959. The normalized spacial score (nSPS) is 11.8. The van der Waals surface area contributed by atoms with E-state index in [2.05, 4.69) is 10.6 Å². The average Bonchev–Trinajstić information content (AvgIpc) is 2.50. The van der Waals surface area contributed by atoms with Crippen LogP contribution in [0.25, 0.3) is 0 Å². The number of hydrogen-bond acceptors (Lipinski definition) is 2. The number of hydrogen-bond donors (Lipinski definition) is 3. The zero-order chi connectivity index (χ0) is 15.9. The van der Waals surface area contributed by atoms with Gasteiger partial charge in [-0.3, -0.25) is 0 Å². The minimum atomic E-state index is -0.725. The summed E-state index contributed by atoms with van der Waals surface area (Å²) in [5.74, 6) is -0.579. The third kappa shape index (κ3) is 5.02. The molecule has 4 nitrogen and oxygen atoms in total. The summed E-state index contributed by atoms with van der Waals surface area (Å²) >= 11 is 5.74. The summed E-state index contributed by atoms with van der Waals surface area (Å²) in [6.45, 7) is 0.0584. The van der Waals surface area contributed by atoms with Gasteiger partial charge in [0.05, 0.1) is 11.8 Å². The van der Waals surface area contributed by atoms with Gasteiger partial charge in [0.25, 0.3) is 0 Å². The summed E-state index contributed by atoms with van der Waals surface area (Å²) in [6, 6.07) is 12.7. The van der Waals surface area contributed by atoms with E-state index in [9.17, 15) is 14.3 Å². The van der Waals surface area contributed by atoms with Gasteiger partial charge < -0.3 is 15.7 Å². The summed E-state index contributed by atoms with van der Waals surface area (Å²) < 4.78 is 13.5. The molecule has 22 heavy (non-hydrogen) atoms. The molecule has 3 N–H and O–H groups in total. The van der Waals surface area contributed by atoms with Crippen LogP contribution in [0, 0.1) is 5.82 Å². The lowest BCUT2D eigenvalue weighted by Crippen LogP contribution is -2.36. The lowest BCUT2D eigenvalue weighted by Gasteiger charge is -2.13. The van der Waals surface area contributed by atoms with Crippen molar-refractivity contribution in [1.82, 2.24) is 5.32 Å². The third-order valence-corrected chi connectivity index (χ3v) is 3.22. The molecule has 2 rings (SSSR count). The first-order chi connectivity index (χ1) is 10.5. The van der Waals surface area contributed by atoms with E-state index in [0.29, 0.717) is 11.4 Å². The number of aliphatic hydroxyl groups excluding tert-OH is 1. The Labute approximate surface area is 132 Å². The van der Waals surface area contributed by atoms with Crippen LogP contribution < -0.4 is 10.6 Å². The fourth-order valence-electron chi connectivity index (χ4n) is 1.93. The van der Waals surface area contributed by atoms with Crippen molar-refractivity contribution in [3.05, 3.63) is 64.9 Å². The van der Waals surface area contributed by atoms with Gasteiger partial charge >= 0.3 is 6.03 Å². The van der Waals surface area contributed by atoms with Crippen LogP contribution in [0.1, 0.15) is 5.56 Å². The third-order valence-electron chi connectivity index (χ3n) is 2.99. The Bertz CT molecular complexity index is 637. The highest BCUT2D eigenvalue weighted by Gasteiger charge is 2.10. The molecule has 0 bridgehead atoms. The molecule has 0 heterocycles. The van der Waals surface area contributed by atoms with Crippen LogP contribution in [0.15, 0.2) is 48.5 Å². The van der Waals surface area contributed by atoms with Crippen molar-refractivity contribution in [2.75, 3.05) is 11.9 Å². The molecule has 1 atom stereocenters. The highest BCUT2D eigenvalue weighted by atomic mass is 35.5. The molecule has 2 aromatic carbocycles. The molecular weight excluding hydrogens is 307 g/mol. The van der Waals surface area contributed by atoms with Crippen LogP contribution in [0.4, 0.5) is 14.9 Å². The van der Waals surface area contributed by atoms with Gasteiger partial charge in [-0.15, -0.1) is 0 Å². The summed E-state index contributed by atoms with van der Waals surface area (Å²) in [4.78, 5) is 11.7. The summed E-state index contributed by atoms with van der Waals surface area (Å²) in [5, 5.41) is 15.0. The number of urea groups is 1. The maximum atomic E-state index is 13.5. The molecule has 0 aromatic heterocycles. The van der Waals surface area contributed by atoms with E-state index < -0.39 is 18.0 Å². The number of carbonyl (C=O) groups is 1. The molecule has 0 aliphatic heterocycles. The standard InChI is InChI=1S/C16H16ClFN2O2/c17-12-6-7-14(18)15(9-12)20-16(22)19-10-13(21)8-11-4-2-1-3-5-11/h1-7,9,13,21H,8,10H2,(H2,19,20,22). The molecule has 6 heteroatoms. The highest BCUT2D eigenvalue weighted by Crippen LogP contribution is 2.19. The number of nitrogens with one attached hydrogen (secondary N) is 2. The Morgan fingerprint density at radius 1 is 1.23 bits per heavy atom. The molecule has 0 saturated carbocycles. The number of rotatable bonds is 5. The fraction of sp³-hybridized carbons (Fsp3) is 0.188. The molecule has 2 amide bonds. The second kappa shape index (κ2) is 7.77. The summed E-state index contributed by atoms with van der Waals surface area (Å²) in [6.07, 6.45) is -0.301. The number of benzene rings is 2. The largest absolute Gasteiger partial charge is 0.391 e. The van der Waals surface area contributed by atoms with E-state index in [-0.39, 0.29) is 12.2 Å². The van der Waals surface area contributed by atoms with Gasteiger partial charge in [-0.05, 0) is 23.8 Å². The van der Waals surface area contributed by atoms with Crippen molar-refractivity contribution in [2.24, 2.45) is 0 Å². The van der Waals surface area contributed by atoms with E-state index in [0.717, 1.165) is 5.56 Å². The molecule has 0 fully saturated rings. The first-order valence-corrected chi connectivity index (χ1v) is 7.14. The van der Waals surface area contributed by atoms with Gasteiger partial charge in [0.1, 0.15) is 5.82 Å². The van der Waals surface area contributed by atoms with Crippen molar-refractivity contribution in [1.29, 1.82) is 0 Å². The van der Waals surface area contributed by atoms with E-state index in [1.165, 1.54) is 18.2 Å². The number of carbonyl (C=O) groups excluding carboxylic acids is 1. The van der Waals surface area contributed by atoms with E-state index in [1.54, 1.807) is 0 Å². The van der Waals surface area contributed by atoms with E-state index in [4.69, 9.17) is 11.6 Å². The van der Waals surface area contributed by atoms with E-state index in [1.807, 2.05) is 30.3 Å². The van der Waals surface area contributed by atoms with Crippen molar-refractivity contribution >= 4 is 23.3 Å². The topological polar surface area (TPSA) is 61.4 Å². The highest BCUT2D eigenvalue weighted by molar-refractivity contribution is 6.30.